The zero-order valence-corrected chi connectivity index (χ0v) is 35.0. The zero-order chi connectivity index (χ0) is 42.3. The Hall–Kier alpha value is -5.97. The molecule has 3 heterocycles. The highest BCUT2D eigenvalue weighted by molar-refractivity contribution is 7.90. The summed E-state index contributed by atoms with van der Waals surface area (Å²) in [6, 6.07) is 32.2. The summed E-state index contributed by atoms with van der Waals surface area (Å²) in [5.41, 5.74) is 4.87. The van der Waals surface area contributed by atoms with Crippen LogP contribution in [0.1, 0.15) is 22.3 Å². The van der Waals surface area contributed by atoms with Crippen molar-refractivity contribution in [3.8, 4) is 22.6 Å². The molecule has 0 bridgehead atoms. The number of amides is 1. The van der Waals surface area contributed by atoms with Gasteiger partial charge in [-0.25, -0.2) is 13.1 Å². The summed E-state index contributed by atoms with van der Waals surface area (Å²) in [5.74, 6) is -0.318. The van der Waals surface area contributed by atoms with Crippen molar-refractivity contribution in [1.29, 1.82) is 0 Å². The first-order valence-corrected chi connectivity index (χ1v) is 22.1. The molecule has 16 heteroatoms. The van der Waals surface area contributed by atoms with E-state index in [0.29, 0.717) is 43.6 Å². The summed E-state index contributed by atoms with van der Waals surface area (Å²) in [5, 5.41) is 16.6. The van der Waals surface area contributed by atoms with Gasteiger partial charge in [0.25, 0.3) is 21.6 Å². The number of hydrogen-bond acceptors (Lipinski definition) is 11. The first kappa shape index (κ1) is 41.8. The van der Waals surface area contributed by atoms with Crippen molar-refractivity contribution in [3.05, 3.63) is 142 Å². The Kier molecular flexibility index (Phi) is 12.8. The van der Waals surface area contributed by atoms with Crippen molar-refractivity contribution in [3.63, 3.8) is 0 Å². The molecule has 0 saturated carbocycles. The number of aromatic nitrogens is 1. The number of morpholine rings is 1. The van der Waals surface area contributed by atoms with Crippen molar-refractivity contribution in [1.82, 2.24) is 19.5 Å². The van der Waals surface area contributed by atoms with E-state index in [9.17, 15) is 23.3 Å². The van der Waals surface area contributed by atoms with Gasteiger partial charge in [0, 0.05) is 92.3 Å². The molecule has 3 N–H and O–H groups in total. The fourth-order valence-corrected chi connectivity index (χ4v) is 8.90. The fraction of sp³-hybridized carbons (Fsp3) is 0.267. The molecule has 14 nitrogen and oxygen atoms in total. The monoisotopic (exact) mass is 863 g/mol. The number of nitrogens with one attached hydrogen (secondary N) is 3. The fourth-order valence-electron chi connectivity index (χ4n) is 7.78. The first-order chi connectivity index (χ1) is 29.6. The van der Waals surface area contributed by atoms with Crippen LogP contribution in [0.4, 0.5) is 17.1 Å². The maximum absolute atomic E-state index is 13.9. The maximum Gasteiger partial charge on any atom is 0.293 e. The third kappa shape index (κ3) is 9.99. The second-order valence-corrected chi connectivity index (χ2v) is 17.1. The van der Waals surface area contributed by atoms with Crippen molar-refractivity contribution in [2.24, 2.45) is 0 Å². The molecule has 1 amide bonds. The molecule has 2 fully saturated rings. The molecule has 0 radical (unpaired) electrons. The number of nitro benzene ring substituents is 1. The number of fused-ring (bicyclic) bond motifs is 1. The van der Waals surface area contributed by atoms with Crippen LogP contribution in [0, 0.1) is 10.1 Å². The average molecular weight is 864 g/mol. The molecule has 2 saturated heterocycles. The van der Waals surface area contributed by atoms with Gasteiger partial charge < -0.3 is 24.7 Å². The number of halogens is 1. The van der Waals surface area contributed by atoms with Crippen LogP contribution in [-0.4, -0.2) is 99.6 Å². The van der Waals surface area contributed by atoms with Crippen LogP contribution in [0.3, 0.4) is 0 Å². The number of benzene rings is 5. The van der Waals surface area contributed by atoms with E-state index in [4.69, 9.17) is 21.1 Å². The van der Waals surface area contributed by atoms with Crippen LogP contribution in [-0.2, 0) is 21.3 Å². The van der Waals surface area contributed by atoms with E-state index < -0.39 is 31.4 Å². The second-order valence-electron chi connectivity index (χ2n) is 15.0. The Morgan fingerprint density at radius 1 is 0.852 bits per heavy atom. The van der Waals surface area contributed by atoms with Gasteiger partial charge in [0.2, 0.25) is 0 Å². The molecule has 0 atom stereocenters. The van der Waals surface area contributed by atoms with Crippen LogP contribution in [0.15, 0.2) is 120 Å². The summed E-state index contributed by atoms with van der Waals surface area (Å²) < 4.78 is 41.3. The zero-order valence-electron chi connectivity index (χ0n) is 33.4. The summed E-state index contributed by atoms with van der Waals surface area (Å²) >= 11 is 6.16. The molecule has 316 valence electrons. The summed E-state index contributed by atoms with van der Waals surface area (Å²) in [4.78, 5) is 35.0. The van der Waals surface area contributed by atoms with Gasteiger partial charge in [-0.1, -0.05) is 54.1 Å². The molecule has 5 aromatic carbocycles. The largest absolute Gasteiger partial charge is 0.456 e. The second kappa shape index (κ2) is 18.7. The quantitative estimate of drug-likeness (QED) is 0.0526. The standard InChI is InChI=1S/C45H46ClN7O7S/c46-34-11-9-32(10-12-34)37-6-2-1-5-33(37)31-51-21-23-52(24-22-51)35-13-15-39(44(29-35)60-43-8-3-7-40-38(43)17-19-48-40)45(54)49-61(57,58)36-14-16-41(42(30-36)53(55)56)47-18-4-20-50-25-27-59-28-26-50/h1-3,5-17,19,29-30,47-48H,4,18,20-28,31H2,(H,49,54). The Bertz CT molecular complexity index is 2630. The third-order valence-corrected chi connectivity index (χ3v) is 12.6. The van der Waals surface area contributed by atoms with E-state index in [0.717, 1.165) is 79.5 Å². The predicted molar refractivity (Wildman–Crippen MR) is 237 cm³/mol. The van der Waals surface area contributed by atoms with E-state index in [-0.39, 0.29) is 17.0 Å². The number of nitrogens with zero attached hydrogens (tertiary/aromatic N) is 4. The number of hydrogen-bond donors (Lipinski definition) is 3. The topological polar surface area (TPSA) is 162 Å². The number of rotatable bonds is 15. The van der Waals surface area contributed by atoms with E-state index >= 15 is 0 Å². The van der Waals surface area contributed by atoms with Gasteiger partial charge in [0.05, 0.1) is 28.6 Å². The van der Waals surface area contributed by atoms with E-state index in [1.807, 2.05) is 48.5 Å². The highest BCUT2D eigenvalue weighted by atomic mass is 35.5. The molecule has 1 aromatic heterocycles. The normalized spacial score (nSPS) is 15.1. The van der Waals surface area contributed by atoms with Crippen molar-refractivity contribution in [2.45, 2.75) is 17.9 Å². The molecular weight excluding hydrogens is 818 g/mol. The lowest BCUT2D eigenvalue weighted by Crippen LogP contribution is -2.46. The van der Waals surface area contributed by atoms with Gasteiger partial charge in [-0.05, 0) is 84.3 Å². The van der Waals surface area contributed by atoms with Crippen LogP contribution >= 0.6 is 11.6 Å². The van der Waals surface area contributed by atoms with Crippen LogP contribution in [0.25, 0.3) is 22.0 Å². The SMILES string of the molecule is O=C(NS(=O)(=O)c1ccc(NCCCN2CCOCC2)c([N+](=O)[O-])c1)c1ccc(N2CCN(Cc3ccccc3-c3ccc(Cl)cc3)CC2)cc1Oc1cccc2[nH]ccc12. The molecule has 2 aliphatic rings. The molecule has 2 aliphatic heterocycles. The van der Waals surface area contributed by atoms with E-state index in [1.165, 1.54) is 17.7 Å². The van der Waals surface area contributed by atoms with E-state index in [2.05, 4.69) is 47.9 Å². The number of carbonyl (C=O) groups excluding carboxylic acids is 1. The maximum atomic E-state index is 13.9. The van der Waals surface area contributed by atoms with Gasteiger partial charge in [-0.2, -0.15) is 0 Å². The minimum Gasteiger partial charge on any atom is -0.456 e. The lowest BCUT2D eigenvalue weighted by molar-refractivity contribution is -0.384. The molecular formula is C45H46ClN7O7S. The molecule has 0 unspecified atom stereocenters. The Morgan fingerprint density at radius 2 is 1.64 bits per heavy atom. The van der Waals surface area contributed by atoms with Gasteiger partial charge in [0.1, 0.15) is 17.2 Å². The van der Waals surface area contributed by atoms with Crippen molar-refractivity contribution >= 4 is 55.5 Å². The van der Waals surface area contributed by atoms with Crippen LogP contribution < -0.4 is 19.7 Å². The molecule has 0 spiro atoms. The highest BCUT2D eigenvalue weighted by Crippen LogP contribution is 2.35. The number of piperazine rings is 1. The molecule has 61 heavy (non-hydrogen) atoms. The minimum atomic E-state index is -4.55. The summed E-state index contributed by atoms with van der Waals surface area (Å²) in [6.07, 6.45) is 2.51. The number of ether oxygens (including phenoxy) is 2. The number of H-pyrrole nitrogens is 1. The third-order valence-electron chi connectivity index (χ3n) is 11.1. The number of sulfonamides is 1. The Morgan fingerprint density at radius 3 is 2.43 bits per heavy atom. The minimum absolute atomic E-state index is 0.0228. The molecule has 8 rings (SSSR count). The van der Waals surface area contributed by atoms with Crippen molar-refractivity contribution < 1.29 is 27.6 Å². The summed E-state index contributed by atoms with van der Waals surface area (Å²) in [7, 11) is -4.55. The molecule has 0 aliphatic carbocycles. The number of nitro groups is 1. The van der Waals surface area contributed by atoms with Crippen LogP contribution in [0.2, 0.25) is 5.02 Å². The lowest BCUT2D eigenvalue weighted by atomic mass is 9.99. The van der Waals surface area contributed by atoms with Crippen molar-refractivity contribution in [2.75, 3.05) is 75.8 Å². The predicted octanol–water partition coefficient (Wildman–Crippen LogP) is 7.76. The number of aromatic amines is 1. The van der Waals surface area contributed by atoms with Gasteiger partial charge in [-0.15, -0.1) is 0 Å². The smallest absolute Gasteiger partial charge is 0.293 e. The summed E-state index contributed by atoms with van der Waals surface area (Å²) in [6.45, 7) is 8.01. The highest BCUT2D eigenvalue weighted by Gasteiger charge is 2.27. The number of anilines is 2. The average Bonchev–Trinajstić information content (AvgIpc) is 3.76. The molecule has 6 aromatic rings. The van der Waals surface area contributed by atoms with Gasteiger partial charge >= 0.3 is 0 Å². The van der Waals surface area contributed by atoms with Gasteiger partial charge in [-0.3, -0.25) is 24.7 Å². The Labute approximate surface area is 359 Å². The van der Waals surface area contributed by atoms with Gasteiger partial charge in [0.15, 0.2) is 0 Å². The number of carbonyl (C=O) groups is 1. The first-order valence-electron chi connectivity index (χ1n) is 20.2. The Balaban J connectivity index is 0.984. The van der Waals surface area contributed by atoms with Crippen LogP contribution in [0.5, 0.6) is 11.5 Å². The lowest BCUT2D eigenvalue weighted by Gasteiger charge is -2.36. The van der Waals surface area contributed by atoms with E-state index in [1.54, 1.807) is 30.5 Å².